The Morgan fingerprint density at radius 2 is 1.77 bits per heavy atom. The minimum atomic E-state index is -3.81. The van der Waals surface area contributed by atoms with Crippen LogP contribution in [0.25, 0.3) is 0 Å². The number of carboxylic acids is 1. The van der Waals surface area contributed by atoms with Crippen LogP contribution < -0.4 is 4.74 Å². The fourth-order valence-corrected chi connectivity index (χ4v) is 5.51. The normalized spacial score (nSPS) is 12.8. The molecule has 2 rings (SSSR count). The molecular formula is C26H34O8S. The highest BCUT2D eigenvalue weighted by Gasteiger charge is 2.35. The highest BCUT2D eigenvalue weighted by molar-refractivity contribution is 7.91. The molecule has 0 amide bonds. The smallest absolute Gasteiger partial charge is 0.303 e. The van der Waals surface area contributed by atoms with E-state index in [1.165, 1.54) is 25.1 Å². The first-order valence-corrected chi connectivity index (χ1v) is 13.2. The number of ketones is 1. The summed E-state index contributed by atoms with van der Waals surface area (Å²) in [6.45, 7) is 6.50. The number of aliphatic carboxylic acids is 1. The second-order valence-electron chi connectivity index (χ2n) is 9.26. The molecule has 0 saturated heterocycles. The minimum absolute atomic E-state index is 0.0407. The number of aliphatic hydroxyl groups is 1. The Bertz CT molecular complexity index is 1170. The zero-order valence-corrected chi connectivity index (χ0v) is 21.4. The number of sulfone groups is 1. The van der Waals surface area contributed by atoms with Gasteiger partial charge in [-0.25, -0.2) is 8.42 Å². The van der Waals surface area contributed by atoms with Crippen molar-refractivity contribution in [3.05, 3.63) is 53.1 Å². The third-order valence-corrected chi connectivity index (χ3v) is 7.70. The van der Waals surface area contributed by atoms with Crippen LogP contribution in [0.1, 0.15) is 74.5 Å². The second-order valence-corrected chi connectivity index (χ2v) is 11.3. The lowest BCUT2D eigenvalue weighted by Gasteiger charge is -2.30. The van der Waals surface area contributed by atoms with Gasteiger partial charge in [-0.05, 0) is 43.5 Å². The largest absolute Gasteiger partial charge is 0.507 e. The molecular weight excluding hydrogens is 472 g/mol. The first-order valence-electron chi connectivity index (χ1n) is 11.5. The highest BCUT2D eigenvalue weighted by atomic mass is 32.2. The lowest BCUT2D eigenvalue weighted by molar-refractivity contribution is -0.141. The third-order valence-electron chi connectivity index (χ3n) is 5.83. The lowest BCUT2D eigenvalue weighted by atomic mass is 9.80. The van der Waals surface area contributed by atoms with Crippen LogP contribution in [0, 0.1) is 5.41 Å². The number of aliphatic hydroxyl groups excluding tert-OH is 1. The number of aromatic hydroxyl groups is 1. The fourth-order valence-electron chi connectivity index (χ4n) is 3.97. The molecule has 35 heavy (non-hydrogen) atoms. The Morgan fingerprint density at radius 3 is 2.37 bits per heavy atom. The predicted octanol–water partition coefficient (Wildman–Crippen LogP) is 4.32. The van der Waals surface area contributed by atoms with Gasteiger partial charge >= 0.3 is 5.97 Å². The quantitative estimate of drug-likeness (QED) is 0.270. The average Bonchev–Trinajstić information content (AvgIpc) is 2.77. The van der Waals surface area contributed by atoms with Crippen molar-refractivity contribution < 1.29 is 38.1 Å². The Balaban J connectivity index is 2.17. The summed E-state index contributed by atoms with van der Waals surface area (Å²) in [6, 6.07) is 9.15. The van der Waals surface area contributed by atoms with Gasteiger partial charge in [-0.15, -0.1) is 0 Å². The zero-order valence-electron chi connectivity index (χ0n) is 20.6. The molecule has 0 aliphatic rings. The molecule has 0 aromatic heterocycles. The molecule has 0 saturated carbocycles. The van der Waals surface area contributed by atoms with Crippen molar-refractivity contribution in [3.8, 4) is 11.5 Å². The predicted molar refractivity (Wildman–Crippen MR) is 132 cm³/mol. The van der Waals surface area contributed by atoms with Crippen molar-refractivity contribution in [1.82, 2.24) is 0 Å². The van der Waals surface area contributed by atoms with Crippen molar-refractivity contribution >= 4 is 21.6 Å². The van der Waals surface area contributed by atoms with Crippen LogP contribution >= 0.6 is 0 Å². The van der Waals surface area contributed by atoms with Crippen LogP contribution in [0.5, 0.6) is 11.5 Å². The first-order chi connectivity index (χ1) is 16.3. The molecule has 0 heterocycles. The van der Waals surface area contributed by atoms with E-state index in [1.54, 1.807) is 32.0 Å². The van der Waals surface area contributed by atoms with E-state index in [4.69, 9.17) is 9.84 Å². The van der Waals surface area contributed by atoms with Crippen LogP contribution in [-0.2, 0) is 21.1 Å². The van der Waals surface area contributed by atoms with E-state index in [2.05, 4.69) is 0 Å². The molecule has 3 N–H and O–H groups in total. The van der Waals surface area contributed by atoms with Crippen molar-refractivity contribution in [2.75, 3.05) is 12.4 Å². The summed E-state index contributed by atoms with van der Waals surface area (Å²) in [6.07, 6.45) is -0.257. The fraction of sp³-hybridized carbons (Fsp3) is 0.462. The van der Waals surface area contributed by atoms with Gasteiger partial charge in [0.05, 0.1) is 35.3 Å². The number of ether oxygens (including phenoxy) is 1. The molecule has 0 aliphatic carbocycles. The Labute approximate surface area is 206 Å². The van der Waals surface area contributed by atoms with Crippen LogP contribution in [0.3, 0.4) is 0 Å². The number of hydrogen-bond donors (Lipinski definition) is 3. The summed E-state index contributed by atoms with van der Waals surface area (Å²) >= 11 is 0. The van der Waals surface area contributed by atoms with Gasteiger partial charge in [0.15, 0.2) is 15.6 Å². The standard InChI is InChI=1S/C26H34O8S/c1-5-9-19-21(13-12-18(17(2)27)24(19)30)34-14-8-15-35(32,33)22-11-7-6-10-20(22)25(31)26(3,4)16-23(28)29/h6-7,10-13,25,30-31H,5,8-9,14-16H2,1-4H3,(H,28,29). The molecule has 0 aliphatic heterocycles. The van der Waals surface area contributed by atoms with Crippen molar-refractivity contribution in [2.45, 2.75) is 64.4 Å². The molecule has 1 atom stereocenters. The van der Waals surface area contributed by atoms with Crippen molar-refractivity contribution in [1.29, 1.82) is 0 Å². The molecule has 0 radical (unpaired) electrons. The van der Waals surface area contributed by atoms with Crippen LogP contribution in [0.4, 0.5) is 0 Å². The molecule has 0 bridgehead atoms. The third kappa shape index (κ3) is 7.05. The lowest BCUT2D eigenvalue weighted by Crippen LogP contribution is -2.27. The number of carboxylic acid groups (broad SMARTS) is 1. The van der Waals surface area contributed by atoms with Crippen LogP contribution in [0.2, 0.25) is 0 Å². The maximum absolute atomic E-state index is 13.1. The van der Waals surface area contributed by atoms with E-state index in [1.807, 2.05) is 6.92 Å². The Kier molecular flexibility index (Phi) is 9.45. The Morgan fingerprint density at radius 1 is 1.11 bits per heavy atom. The zero-order chi connectivity index (χ0) is 26.4. The summed E-state index contributed by atoms with van der Waals surface area (Å²) in [5.41, 5.74) is -0.194. The highest BCUT2D eigenvalue weighted by Crippen LogP contribution is 2.39. The number of carbonyl (C=O) groups is 2. The van der Waals surface area contributed by atoms with E-state index in [0.29, 0.717) is 17.7 Å². The Hall–Kier alpha value is -2.91. The summed E-state index contributed by atoms with van der Waals surface area (Å²) < 4.78 is 32.0. The van der Waals surface area contributed by atoms with E-state index < -0.39 is 27.3 Å². The summed E-state index contributed by atoms with van der Waals surface area (Å²) in [7, 11) is -3.81. The molecule has 2 aromatic carbocycles. The van der Waals surface area contributed by atoms with Gasteiger partial charge in [0, 0.05) is 11.0 Å². The van der Waals surface area contributed by atoms with Gasteiger partial charge in [-0.3, -0.25) is 9.59 Å². The summed E-state index contributed by atoms with van der Waals surface area (Å²) in [4.78, 5) is 22.9. The topological polar surface area (TPSA) is 138 Å². The second kappa shape index (κ2) is 11.7. The number of phenols is 1. The monoisotopic (exact) mass is 506 g/mol. The van der Waals surface area contributed by atoms with Crippen LogP contribution in [0.15, 0.2) is 41.3 Å². The molecule has 8 nitrogen and oxygen atoms in total. The first kappa shape index (κ1) is 28.3. The van der Waals surface area contributed by atoms with Gasteiger partial charge in [0.25, 0.3) is 0 Å². The van der Waals surface area contributed by atoms with Crippen molar-refractivity contribution in [2.24, 2.45) is 5.41 Å². The van der Waals surface area contributed by atoms with E-state index in [9.17, 15) is 28.2 Å². The number of phenolic OH excluding ortho intramolecular Hbond substituents is 1. The van der Waals surface area contributed by atoms with Crippen LogP contribution in [-0.4, -0.2) is 47.8 Å². The summed E-state index contributed by atoms with van der Waals surface area (Å²) in [5, 5.41) is 30.4. The molecule has 1 unspecified atom stereocenters. The van der Waals surface area contributed by atoms with Crippen molar-refractivity contribution in [3.63, 3.8) is 0 Å². The van der Waals surface area contributed by atoms with E-state index in [-0.39, 0.29) is 52.8 Å². The number of hydrogen-bond acceptors (Lipinski definition) is 7. The van der Waals surface area contributed by atoms with Gasteiger partial charge in [-0.2, -0.15) is 0 Å². The molecule has 0 fully saturated rings. The molecule has 192 valence electrons. The van der Waals surface area contributed by atoms with Gasteiger partial charge in [-0.1, -0.05) is 45.4 Å². The minimum Gasteiger partial charge on any atom is -0.507 e. The number of carbonyl (C=O) groups excluding carboxylic acids is 1. The SMILES string of the molecule is CCCc1c(OCCCS(=O)(=O)c2ccccc2C(O)C(C)(C)CC(=O)O)ccc(C(C)=O)c1O. The number of benzene rings is 2. The van der Waals surface area contributed by atoms with E-state index >= 15 is 0 Å². The van der Waals surface area contributed by atoms with Gasteiger partial charge < -0.3 is 20.1 Å². The molecule has 2 aromatic rings. The summed E-state index contributed by atoms with van der Waals surface area (Å²) in [5.74, 6) is -1.31. The average molecular weight is 507 g/mol. The van der Waals surface area contributed by atoms with E-state index in [0.717, 1.165) is 6.42 Å². The van der Waals surface area contributed by atoms with Gasteiger partial charge in [0.1, 0.15) is 11.5 Å². The van der Waals surface area contributed by atoms with Gasteiger partial charge in [0.2, 0.25) is 0 Å². The number of rotatable bonds is 13. The molecule has 9 heteroatoms. The maximum atomic E-state index is 13.1. The maximum Gasteiger partial charge on any atom is 0.303 e. The number of Topliss-reactive ketones (excluding diaryl/α,β-unsaturated/α-hetero) is 1. The molecule has 0 spiro atoms.